The van der Waals surface area contributed by atoms with E-state index >= 15 is 0 Å². The molecule has 0 spiro atoms. The standard InChI is InChI=1S/C27H24N2O3/c1-29-22-14-8-6-12-20(22)26(31)24(27(29)32)23(17-9-3-2-4-10-17)25-19(15-16-30)18-11-5-7-13-21(18)28-25/h2-14,23,28,30-31H,15-16H2,1H3/t23-/m1/s1. The predicted octanol–water partition coefficient (Wildman–Crippen LogP) is 4.44. The minimum atomic E-state index is -0.520. The summed E-state index contributed by atoms with van der Waals surface area (Å²) in [5.74, 6) is -0.528. The molecule has 2 aromatic heterocycles. The van der Waals surface area contributed by atoms with Crippen LogP contribution < -0.4 is 5.56 Å². The summed E-state index contributed by atoms with van der Waals surface area (Å²) in [5, 5.41) is 22.8. The molecule has 0 aliphatic carbocycles. The molecule has 0 fully saturated rings. The van der Waals surface area contributed by atoms with Crippen molar-refractivity contribution >= 4 is 21.8 Å². The molecule has 3 aromatic carbocycles. The molecule has 0 aliphatic heterocycles. The Balaban J connectivity index is 1.90. The molecule has 32 heavy (non-hydrogen) atoms. The number of hydrogen-bond acceptors (Lipinski definition) is 3. The second kappa shape index (κ2) is 8.02. The van der Waals surface area contributed by atoms with Crippen LogP contribution in [0.2, 0.25) is 0 Å². The van der Waals surface area contributed by atoms with Crippen LogP contribution in [0.15, 0.2) is 83.7 Å². The fourth-order valence-corrected chi connectivity index (χ4v) is 4.73. The van der Waals surface area contributed by atoms with Gasteiger partial charge in [-0.15, -0.1) is 0 Å². The molecular formula is C27H24N2O3. The third kappa shape index (κ3) is 3.10. The lowest BCUT2D eigenvalue weighted by atomic mass is 9.85. The Labute approximate surface area is 185 Å². The average Bonchev–Trinajstić information content (AvgIpc) is 3.19. The first-order valence-electron chi connectivity index (χ1n) is 10.7. The highest BCUT2D eigenvalue weighted by molar-refractivity contribution is 5.88. The van der Waals surface area contributed by atoms with Gasteiger partial charge in [0.25, 0.3) is 5.56 Å². The highest BCUT2D eigenvalue weighted by Gasteiger charge is 2.29. The normalized spacial score (nSPS) is 12.4. The Morgan fingerprint density at radius 3 is 2.31 bits per heavy atom. The van der Waals surface area contributed by atoms with Crippen molar-refractivity contribution in [3.63, 3.8) is 0 Å². The fraction of sp³-hybridized carbons (Fsp3) is 0.148. The van der Waals surface area contributed by atoms with Crippen LogP contribution in [-0.4, -0.2) is 26.4 Å². The van der Waals surface area contributed by atoms with E-state index in [4.69, 9.17) is 0 Å². The van der Waals surface area contributed by atoms with Gasteiger partial charge in [-0.2, -0.15) is 0 Å². The van der Waals surface area contributed by atoms with Crippen molar-refractivity contribution in [3.8, 4) is 5.75 Å². The van der Waals surface area contributed by atoms with Gasteiger partial charge in [-0.25, -0.2) is 0 Å². The number of fused-ring (bicyclic) bond motifs is 2. The summed E-state index contributed by atoms with van der Waals surface area (Å²) >= 11 is 0. The SMILES string of the molecule is Cn1c(=O)c([C@@H](c2ccccc2)c2[nH]c3ccccc3c2CCO)c(O)c2ccccc21. The predicted molar refractivity (Wildman–Crippen MR) is 127 cm³/mol. The number of para-hydroxylation sites is 2. The number of pyridine rings is 1. The Morgan fingerprint density at radius 2 is 1.56 bits per heavy atom. The highest BCUT2D eigenvalue weighted by atomic mass is 16.3. The van der Waals surface area contributed by atoms with Crippen molar-refractivity contribution in [2.75, 3.05) is 6.61 Å². The number of aromatic nitrogens is 2. The van der Waals surface area contributed by atoms with E-state index < -0.39 is 5.92 Å². The van der Waals surface area contributed by atoms with Gasteiger partial charge in [0.1, 0.15) is 5.75 Å². The zero-order valence-electron chi connectivity index (χ0n) is 17.7. The lowest BCUT2D eigenvalue weighted by Crippen LogP contribution is -2.25. The Morgan fingerprint density at radius 1 is 0.906 bits per heavy atom. The monoisotopic (exact) mass is 424 g/mol. The molecule has 0 radical (unpaired) electrons. The van der Waals surface area contributed by atoms with E-state index in [2.05, 4.69) is 4.98 Å². The molecule has 0 aliphatic rings. The molecule has 0 saturated heterocycles. The summed E-state index contributed by atoms with van der Waals surface area (Å²) in [6.07, 6.45) is 0.442. The topological polar surface area (TPSA) is 78.2 Å². The molecule has 3 N–H and O–H groups in total. The number of aryl methyl sites for hydroxylation is 1. The van der Waals surface area contributed by atoms with Crippen LogP contribution in [0.3, 0.4) is 0 Å². The maximum absolute atomic E-state index is 13.6. The molecular weight excluding hydrogens is 400 g/mol. The maximum Gasteiger partial charge on any atom is 0.258 e. The van der Waals surface area contributed by atoms with Gasteiger partial charge in [0.15, 0.2) is 0 Å². The molecule has 0 unspecified atom stereocenters. The van der Waals surface area contributed by atoms with Crippen molar-refractivity contribution in [1.82, 2.24) is 9.55 Å². The molecule has 5 nitrogen and oxygen atoms in total. The van der Waals surface area contributed by atoms with E-state index in [9.17, 15) is 15.0 Å². The number of hydrogen-bond donors (Lipinski definition) is 3. The van der Waals surface area contributed by atoms with E-state index in [1.165, 1.54) is 0 Å². The first-order valence-corrected chi connectivity index (χ1v) is 10.7. The summed E-state index contributed by atoms with van der Waals surface area (Å²) in [6, 6.07) is 25.0. The first-order chi connectivity index (χ1) is 15.6. The van der Waals surface area contributed by atoms with Gasteiger partial charge in [0.2, 0.25) is 0 Å². The number of H-pyrrole nitrogens is 1. The van der Waals surface area contributed by atoms with Crippen molar-refractivity contribution in [3.05, 3.63) is 112 Å². The van der Waals surface area contributed by atoms with Crippen molar-refractivity contribution < 1.29 is 10.2 Å². The summed E-state index contributed by atoms with van der Waals surface area (Å²) < 4.78 is 1.59. The van der Waals surface area contributed by atoms with Gasteiger partial charge in [-0.05, 0) is 35.7 Å². The van der Waals surface area contributed by atoms with E-state index in [0.29, 0.717) is 22.9 Å². The number of aliphatic hydroxyl groups excluding tert-OH is 1. The third-order valence-electron chi connectivity index (χ3n) is 6.23. The molecule has 0 amide bonds. The molecule has 5 rings (SSSR count). The Bertz CT molecular complexity index is 1480. The summed E-state index contributed by atoms with van der Waals surface area (Å²) in [4.78, 5) is 17.1. The Hall–Kier alpha value is -3.83. The van der Waals surface area contributed by atoms with E-state index in [1.807, 2.05) is 78.9 Å². The number of aromatic hydroxyl groups is 1. The number of benzene rings is 3. The Kier molecular flexibility index (Phi) is 5.04. The number of aliphatic hydroxyl groups is 1. The molecule has 0 bridgehead atoms. The van der Waals surface area contributed by atoms with E-state index in [0.717, 1.165) is 27.7 Å². The quantitative estimate of drug-likeness (QED) is 0.390. The van der Waals surface area contributed by atoms with Crippen molar-refractivity contribution in [2.24, 2.45) is 7.05 Å². The van der Waals surface area contributed by atoms with Crippen LogP contribution in [0.5, 0.6) is 5.75 Å². The average molecular weight is 425 g/mol. The van der Waals surface area contributed by atoms with E-state index in [-0.39, 0.29) is 17.9 Å². The van der Waals surface area contributed by atoms with Gasteiger partial charge in [0.05, 0.1) is 17.0 Å². The zero-order valence-corrected chi connectivity index (χ0v) is 17.7. The summed E-state index contributed by atoms with van der Waals surface area (Å²) in [6.45, 7) is -0.0158. The second-order valence-electron chi connectivity index (χ2n) is 8.02. The smallest absolute Gasteiger partial charge is 0.258 e. The van der Waals surface area contributed by atoms with Crippen LogP contribution >= 0.6 is 0 Å². The minimum Gasteiger partial charge on any atom is -0.507 e. The zero-order chi connectivity index (χ0) is 22.2. The number of nitrogens with zero attached hydrogens (tertiary/aromatic N) is 1. The van der Waals surface area contributed by atoms with Gasteiger partial charge in [-0.1, -0.05) is 60.7 Å². The van der Waals surface area contributed by atoms with Crippen LogP contribution in [0, 0.1) is 0 Å². The largest absolute Gasteiger partial charge is 0.507 e. The molecule has 5 aromatic rings. The number of aromatic amines is 1. The van der Waals surface area contributed by atoms with Gasteiger partial charge in [0, 0.05) is 35.6 Å². The van der Waals surface area contributed by atoms with Gasteiger partial charge >= 0.3 is 0 Å². The molecule has 2 heterocycles. The van der Waals surface area contributed by atoms with Gasteiger partial charge in [-0.3, -0.25) is 4.79 Å². The van der Waals surface area contributed by atoms with Crippen LogP contribution in [-0.2, 0) is 13.5 Å². The van der Waals surface area contributed by atoms with Crippen LogP contribution in [0.4, 0.5) is 0 Å². The second-order valence-corrected chi connectivity index (χ2v) is 8.02. The number of nitrogens with one attached hydrogen (secondary N) is 1. The first kappa shape index (κ1) is 20.1. The van der Waals surface area contributed by atoms with Crippen LogP contribution in [0.1, 0.15) is 28.3 Å². The van der Waals surface area contributed by atoms with Gasteiger partial charge < -0.3 is 19.8 Å². The fourth-order valence-electron chi connectivity index (χ4n) is 4.73. The lowest BCUT2D eigenvalue weighted by molar-refractivity contribution is 0.299. The molecule has 160 valence electrons. The maximum atomic E-state index is 13.6. The number of rotatable bonds is 5. The van der Waals surface area contributed by atoms with Crippen molar-refractivity contribution in [1.29, 1.82) is 0 Å². The third-order valence-corrected chi connectivity index (χ3v) is 6.23. The minimum absolute atomic E-state index is 0.00819. The molecule has 5 heteroatoms. The van der Waals surface area contributed by atoms with Crippen LogP contribution in [0.25, 0.3) is 21.8 Å². The van der Waals surface area contributed by atoms with Crippen molar-refractivity contribution in [2.45, 2.75) is 12.3 Å². The lowest BCUT2D eigenvalue weighted by Gasteiger charge is -2.21. The highest BCUT2D eigenvalue weighted by Crippen LogP contribution is 2.40. The molecule has 1 atom stereocenters. The summed E-state index contributed by atoms with van der Waals surface area (Å²) in [7, 11) is 1.73. The summed E-state index contributed by atoms with van der Waals surface area (Å²) in [5.41, 5.74) is 4.34. The van der Waals surface area contributed by atoms with E-state index in [1.54, 1.807) is 11.6 Å². The molecule has 0 saturated carbocycles.